The fraction of sp³-hybridized carbons (Fsp3) is 0.267. The molecule has 0 aliphatic rings. The third-order valence-electron chi connectivity index (χ3n) is 2.98. The predicted octanol–water partition coefficient (Wildman–Crippen LogP) is 4.03. The molecular weight excluding hydrogens is 254 g/mol. The van der Waals surface area contributed by atoms with Crippen LogP contribution in [0.4, 0.5) is 17.2 Å². The highest BCUT2D eigenvalue weighted by molar-refractivity contribution is 5.57. The van der Waals surface area contributed by atoms with E-state index < -0.39 is 4.92 Å². The monoisotopic (exact) mass is 271 g/mol. The fourth-order valence-electron chi connectivity index (χ4n) is 1.77. The summed E-state index contributed by atoms with van der Waals surface area (Å²) in [5.74, 6) is 0.583. The third kappa shape index (κ3) is 3.32. The van der Waals surface area contributed by atoms with Gasteiger partial charge in [-0.2, -0.15) is 0 Å². The summed E-state index contributed by atoms with van der Waals surface area (Å²) in [7, 11) is 0. The molecule has 0 saturated heterocycles. The number of nitrogens with one attached hydrogen (secondary N) is 1. The molecule has 0 aliphatic carbocycles. The number of benzene rings is 1. The molecule has 0 radical (unpaired) electrons. The van der Waals surface area contributed by atoms with Gasteiger partial charge in [0.25, 0.3) is 5.69 Å². The van der Waals surface area contributed by atoms with Gasteiger partial charge >= 0.3 is 0 Å². The van der Waals surface area contributed by atoms with Crippen LogP contribution in [0.3, 0.4) is 0 Å². The summed E-state index contributed by atoms with van der Waals surface area (Å²) >= 11 is 0. The first kappa shape index (κ1) is 14.0. The normalized spacial score (nSPS) is 11.2. The molecule has 0 spiro atoms. The third-order valence-corrected chi connectivity index (χ3v) is 2.98. The molecule has 1 aromatic carbocycles. The fourth-order valence-corrected chi connectivity index (χ4v) is 1.77. The SMILES string of the molecule is CC(C)(C)c1ccc(Nc2ccc([N+](=O)[O-])cn2)cc1. The highest BCUT2D eigenvalue weighted by Crippen LogP contribution is 2.24. The van der Waals surface area contributed by atoms with Gasteiger partial charge in [0.05, 0.1) is 4.92 Å². The molecule has 5 heteroatoms. The lowest BCUT2D eigenvalue weighted by Crippen LogP contribution is -2.10. The van der Waals surface area contributed by atoms with Crippen LogP contribution in [0.15, 0.2) is 42.6 Å². The molecule has 0 saturated carbocycles. The van der Waals surface area contributed by atoms with E-state index in [1.165, 1.54) is 17.8 Å². The number of aromatic nitrogens is 1. The Kier molecular flexibility index (Phi) is 3.70. The van der Waals surface area contributed by atoms with Crippen molar-refractivity contribution in [1.29, 1.82) is 0 Å². The number of anilines is 2. The summed E-state index contributed by atoms with van der Waals surface area (Å²) in [5.41, 5.74) is 2.25. The van der Waals surface area contributed by atoms with Gasteiger partial charge in [-0.3, -0.25) is 10.1 Å². The van der Waals surface area contributed by atoms with Gasteiger partial charge in [-0.05, 0) is 29.2 Å². The lowest BCUT2D eigenvalue weighted by Gasteiger charge is -2.19. The molecule has 0 fully saturated rings. The van der Waals surface area contributed by atoms with E-state index in [2.05, 4.69) is 43.2 Å². The zero-order chi connectivity index (χ0) is 14.8. The van der Waals surface area contributed by atoms with Gasteiger partial charge in [-0.25, -0.2) is 4.98 Å². The number of pyridine rings is 1. The quantitative estimate of drug-likeness (QED) is 0.676. The van der Waals surface area contributed by atoms with Crippen LogP contribution < -0.4 is 5.32 Å². The predicted molar refractivity (Wildman–Crippen MR) is 79.3 cm³/mol. The van der Waals surface area contributed by atoms with Crippen molar-refractivity contribution in [2.24, 2.45) is 0 Å². The molecule has 0 atom stereocenters. The van der Waals surface area contributed by atoms with Crippen LogP contribution in [0.5, 0.6) is 0 Å². The average Bonchev–Trinajstić information content (AvgIpc) is 2.39. The van der Waals surface area contributed by atoms with Crippen molar-refractivity contribution >= 4 is 17.2 Å². The second-order valence-corrected chi connectivity index (χ2v) is 5.61. The lowest BCUT2D eigenvalue weighted by molar-refractivity contribution is -0.385. The number of nitro groups is 1. The molecule has 20 heavy (non-hydrogen) atoms. The van der Waals surface area contributed by atoms with Crippen LogP contribution in [0.25, 0.3) is 0 Å². The van der Waals surface area contributed by atoms with Crippen molar-refractivity contribution in [2.45, 2.75) is 26.2 Å². The zero-order valence-corrected chi connectivity index (χ0v) is 11.8. The molecule has 104 valence electrons. The Morgan fingerprint density at radius 3 is 2.20 bits per heavy atom. The molecule has 2 aromatic rings. The summed E-state index contributed by atoms with van der Waals surface area (Å²) in [5, 5.41) is 13.7. The van der Waals surface area contributed by atoms with Crippen LogP contribution in [-0.2, 0) is 5.41 Å². The number of rotatable bonds is 3. The molecular formula is C15H17N3O2. The molecule has 5 nitrogen and oxygen atoms in total. The van der Waals surface area contributed by atoms with Crippen molar-refractivity contribution in [3.05, 3.63) is 58.3 Å². The van der Waals surface area contributed by atoms with E-state index in [0.29, 0.717) is 5.82 Å². The van der Waals surface area contributed by atoms with Crippen LogP contribution in [0, 0.1) is 10.1 Å². The number of hydrogen-bond donors (Lipinski definition) is 1. The topological polar surface area (TPSA) is 68.1 Å². The van der Waals surface area contributed by atoms with Crippen LogP contribution in [0.2, 0.25) is 0 Å². The summed E-state index contributed by atoms with van der Waals surface area (Å²) in [6.07, 6.45) is 1.24. The van der Waals surface area contributed by atoms with E-state index in [-0.39, 0.29) is 11.1 Å². The van der Waals surface area contributed by atoms with E-state index in [1.807, 2.05) is 12.1 Å². The van der Waals surface area contributed by atoms with Crippen molar-refractivity contribution in [1.82, 2.24) is 4.98 Å². The highest BCUT2D eigenvalue weighted by atomic mass is 16.6. The Morgan fingerprint density at radius 1 is 1.10 bits per heavy atom. The van der Waals surface area contributed by atoms with Crippen molar-refractivity contribution in [3.8, 4) is 0 Å². The number of hydrogen-bond acceptors (Lipinski definition) is 4. The molecule has 0 amide bonds. The van der Waals surface area contributed by atoms with E-state index in [4.69, 9.17) is 0 Å². The van der Waals surface area contributed by atoms with Gasteiger partial charge in [-0.15, -0.1) is 0 Å². The number of nitrogens with zero attached hydrogens (tertiary/aromatic N) is 2. The van der Waals surface area contributed by atoms with Crippen molar-refractivity contribution < 1.29 is 4.92 Å². The minimum atomic E-state index is -0.463. The first-order chi connectivity index (χ1) is 9.36. The Balaban J connectivity index is 2.12. The Morgan fingerprint density at radius 2 is 1.75 bits per heavy atom. The van der Waals surface area contributed by atoms with Gasteiger partial charge in [0.2, 0.25) is 0 Å². The van der Waals surface area contributed by atoms with Gasteiger partial charge in [-0.1, -0.05) is 32.9 Å². The molecule has 0 aliphatic heterocycles. The Hall–Kier alpha value is -2.43. The minimum absolute atomic E-state index is 0.0152. The Bertz CT molecular complexity index is 599. The van der Waals surface area contributed by atoms with Crippen LogP contribution in [0.1, 0.15) is 26.3 Å². The summed E-state index contributed by atoms with van der Waals surface area (Å²) in [4.78, 5) is 14.1. The van der Waals surface area contributed by atoms with Crippen LogP contribution >= 0.6 is 0 Å². The van der Waals surface area contributed by atoms with E-state index in [1.54, 1.807) is 6.07 Å². The van der Waals surface area contributed by atoms with Gasteiger partial charge < -0.3 is 5.32 Å². The van der Waals surface area contributed by atoms with E-state index in [9.17, 15) is 10.1 Å². The summed E-state index contributed by atoms with van der Waals surface area (Å²) in [6.45, 7) is 6.48. The van der Waals surface area contributed by atoms with Crippen molar-refractivity contribution in [3.63, 3.8) is 0 Å². The molecule has 1 aromatic heterocycles. The van der Waals surface area contributed by atoms with Gasteiger partial charge in [0.1, 0.15) is 12.0 Å². The van der Waals surface area contributed by atoms with Gasteiger partial charge in [0.15, 0.2) is 0 Å². The van der Waals surface area contributed by atoms with Crippen LogP contribution in [-0.4, -0.2) is 9.91 Å². The maximum absolute atomic E-state index is 10.5. The standard InChI is InChI=1S/C15H17N3O2/c1-15(2,3)11-4-6-12(7-5-11)17-14-9-8-13(10-16-14)18(19)20/h4-10H,1-3H3,(H,16,17). The summed E-state index contributed by atoms with van der Waals surface area (Å²) in [6, 6.07) is 11.1. The highest BCUT2D eigenvalue weighted by Gasteiger charge is 2.12. The molecule has 1 heterocycles. The first-order valence-electron chi connectivity index (χ1n) is 6.34. The Labute approximate surface area is 117 Å². The van der Waals surface area contributed by atoms with Gasteiger partial charge in [0, 0.05) is 11.8 Å². The molecule has 0 bridgehead atoms. The minimum Gasteiger partial charge on any atom is -0.340 e. The maximum atomic E-state index is 10.5. The largest absolute Gasteiger partial charge is 0.340 e. The van der Waals surface area contributed by atoms with Crippen molar-refractivity contribution in [2.75, 3.05) is 5.32 Å². The average molecular weight is 271 g/mol. The smallest absolute Gasteiger partial charge is 0.287 e. The second-order valence-electron chi connectivity index (χ2n) is 5.61. The molecule has 0 unspecified atom stereocenters. The summed E-state index contributed by atoms with van der Waals surface area (Å²) < 4.78 is 0. The zero-order valence-electron chi connectivity index (χ0n) is 11.8. The van der Waals surface area contributed by atoms with E-state index in [0.717, 1.165) is 5.69 Å². The molecule has 1 N–H and O–H groups in total. The first-order valence-corrected chi connectivity index (χ1v) is 6.34. The molecule has 2 rings (SSSR count). The second kappa shape index (κ2) is 5.28. The maximum Gasteiger partial charge on any atom is 0.287 e. The van der Waals surface area contributed by atoms with E-state index >= 15 is 0 Å². The lowest BCUT2D eigenvalue weighted by atomic mass is 9.87.